The molecule has 21 heavy (non-hydrogen) atoms. The fourth-order valence-electron chi connectivity index (χ4n) is 6.00. The first kappa shape index (κ1) is 13.7. The number of benzene rings is 1. The van der Waals surface area contributed by atoms with E-state index in [1.54, 1.807) is 0 Å². The molecule has 1 spiro atoms. The number of phenols is 1. The second-order valence-electron chi connectivity index (χ2n) is 8.79. The van der Waals surface area contributed by atoms with E-state index in [9.17, 15) is 5.11 Å². The summed E-state index contributed by atoms with van der Waals surface area (Å²) in [5.74, 6) is 3.04. The zero-order valence-electron chi connectivity index (χ0n) is 13.7. The highest BCUT2D eigenvalue weighted by molar-refractivity contribution is 5.47. The van der Waals surface area contributed by atoms with E-state index < -0.39 is 0 Å². The van der Waals surface area contributed by atoms with Crippen molar-refractivity contribution in [3.8, 4) is 5.75 Å². The molecule has 0 saturated heterocycles. The summed E-state index contributed by atoms with van der Waals surface area (Å²) in [7, 11) is 0. The van der Waals surface area contributed by atoms with Gasteiger partial charge in [-0.3, -0.25) is 0 Å². The topological polar surface area (TPSA) is 20.2 Å². The highest BCUT2D eigenvalue weighted by Gasteiger charge is 2.60. The Kier molecular flexibility index (Phi) is 2.78. The third kappa shape index (κ3) is 1.89. The quantitative estimate of drug-likeness (QED) is 0.805. The van der Waals surface area contributed by atoms with Gasteiger partial charge in [-0.1, -0.05) is 39.7 Å². The van der Waals surface area contributed by atoms with Gasteiger partial charge in [-0.05, 0) is 72.1 Å². The van der Waals surface area contributed by atoms with Crippen LogP contribution in [0.25, 0.3) is 0 Å². The van der Waals surface area contributed by atoms with Crippen LogP contribution in [0.5, 0.6) is 5.75 Å². The normalized spacial score (nSPS) is 37.1. The Morgan fingerprint density at radius 2 is 1.95 bits per heavy atom. The molecule has 2 saturated carbocycles. The molecule has 4 rings (SSSR count). The molecule has 1 N–H and O–H groups in total. The second kappa shape index (κ2) is 4.27. The maximum atomic E-state index is 10.1. The Labute approximate surface area is 128 Å². The minimum atomic E-state index is 0.309. The average molecular weight is 284 g/mol. The van der Waals surface area contributed by atoms with E-state index in [-0.39, 0.29) is 0 Å². The van der Waals surface area contributed by atoms with Crippen molar-refractivity contribution < 1.29 is 5.11 Å². The molecule has 3 aliphatic rings. The molecule has 3 atom stereocenters. The minimum Gasteiger partial charge on any atom is -0.508 e. The van der Waals surface area contributed by atoms with Crippen LogP contribution in [-0.4, -0.2) is 5.11 Å². The molecule has 0 radical (unpaired) electrons. The predicted octanol–water partition coefficient (Wildman–Crippen LogP) is 5.06. The van der Waals surface area contributed by atoms with Crippen molar-refractivity contribution in [1.82, 2.24) is 0 Å². The molecule has 1 aromatic carbocycles. The van der Waals surface area contributed by atoms with E-state index in [1.807, 2.05) is 6.07 Å². The summed E-state index contributed by atoms with van der Waals surface area (Å²) in [5, 5.41) is 10.1. The van der Waals surface area contributed by atoms with Crippen molar-refractivity contribution in [2.45, 2.75) is 64.7 Å². The number of phenolic OH excluding ortho intramolecular Hbond substituents is 1. The standard InChI is InChI=1S/C20H28O/c1-13-11-19(2,3)20(12-13)16(8-14-4-5-14)9-15-6-7-17(21)10-18(15)20/h6-7,10,13-14,16,21H,4-5,8-9,11-12H2,1-3H3/t13-,16?,20?/m0/s1. The SMILES string of the molecule is C[C@H]1CC(C)(C)C2(C1)c1cc(O)ccc1CC2CC1CC1. The lowest BCUT2D eigenvalue weighted by Crippen LogP contribution is -2.41. The maximum absolute atomic E-state index is 10.1. The van der Waals surface area contributed by atoms with Crippen LogP contribution < -0.4 is 0 Å². The summed E-state index contributed by atoms with van der Waals surface area (Å²) < 4.78 is 0. The Morgan fingerprint density at radius 1 is 1.19 bits per heavy atom. The van der Waals surface area contributed by atoms with Gasteiger partial charge >= 0.3 is 0 Å². The monoisotopic (exact) mass is 284 g/mol. The first-order valence-corrected chi connectivity index (χ1v) is 8.75. The van der Waals surface area contributed by atoms with Crippen LogP contribution in [0.4, 0.5) is 0 Å². The molecule has 2 unspecified atom stereocenters. The molecule has 0 amide bonds. The molecule has 1 aromatic rings. The lowest BCUT2D eigenvalue weighted by atomic mass is 9.59. The highest BCUT2D eigenvalue weighted by atomic mass is 16.3. The van der Waals surface area contributed by atoms with Gasteiger partial charge < -0.3 is 5.11 Å². The highest BCUT2D eigenvalue weighted by Crippen LogP contribution is 2.66. The number of aromatic hydroxyl groups is 1. The Balaban J connectivity index is 1.84. The van der Waals surface area contributed by atoms with Crippen LogP contribution in [0.15, 0.2) is 18.2 Å². The van der Waals surface area contributed by atoms with E-state index in [0.29, 0.717) is 16.6 Å². The summed E-state index contributed by atoms with van der Waals surface area (Å²) in [6.07, 6.45) is 8.18. The molecule has 0 aromatic heterocycles. The van der Waals surface area contributed by atoms with Crippen LogP contribution in [0.3, 0.4) is 0 Å². The summed E-state index contributed by atoms with van der Waals surface area (Å²) in [5.41, 5.74) is 3.66. The first-order chi connectivity index (χ1) is 9.92. The van der Waals surface area contributed by atoms with E-state index >= 15 is 0 Å². The molecule has 3 aliphatic carbocycles. The first-order valence-electron chi connectivity index (χ1n) is 8.75. The van der Waals surface area contributed by atoms with Gasteiger partial charge in [0.2, 0.25) is 0 Å². The summed E-state index contributed by atoms with van der Waals surface area (Å²) in [4.78, 5) is 0. The average Bonchev–Trinajstić information content (AvgIpc) is 3.09. The molecule has 1 heteroatoms. The van der Waals surface area contributed by atoms with Crippen LogP contribution >= 0.6 is 0 Å². The number of hydrogen-bond acceptors (Lipinski definition) is 1. The van der Waals surface area contributed by atoms with Gasteiger partial charge in [0.15, 0.2) is 0 Å². The second-order valence-corrected chi connectivity index (χ2v) is 8.79. The van der Waals surface area contributed by atoms with Crippen molar-refractivity contribution in [1.29, 1.82) is 0 Å². The number of rotatable bonds is 2. The number of hydrogen-bond donors (Lipinski definition) is 1. The van der Waals surface area contributed by atoms with E-state index in [2.05, 4.69) is 32.9 Å². The number of fused-ring (bicyclic) bond motifs is 2. The Morgan fingerprint density at radius 3 is 2.57 bits per heavy atom. The smallest absolute Gasteiger partial charge is 0.115 e. The van der Waals surface area contributed by atoms with Crippen LogP contribution in [-0.2, 0) is 11.8 Å². The third-order valence-corrected chi connectivity index (χ3v) is 6.79. The fourth-order valence-corrected chi connectivity index (χ4v) is 6.00. The predicted molar refractivity (Wildman–Crippen MR) is 86.5 cm³/mol. The zero-order valence-corrected chi connectivity index (χ0v) is 13.7. The summed E-state index contributed by atoms with van der Waals surface area (Å²) in [6.45, 7) is 7.39. The van der Waals surface area contributed by atoms with Gasteiger partial charge in [-0.15, -0.1) is 0 Å². The van der Waals surface area contributed by atoms with Crippen molar-refractivity contribution in [2.75, 3.05) is 0 Å². The minimum absolute atomic E-state index is 0.309. The van der Waals surface area contributed by atoms with Crippen LogP contribution in [0.2, 0.25) is 0 Å². The lowest BCUT2D eigenvalue weighted by Gasteiger charge is -2.44. The van der Waals surface area contributed by atoms with Gasteiger partial charge in [0.1, 0.15) is 5.75 Å². The maximum Gasteiger partial charge on any atom is 0.115 e. The van der Waals surface area contributed by atoms with Gasteiger partial charge in [0.05, 0.1) is 0 Å². The van der Waals surface area contributed by atoms with Crippen molar-refractivity contribution in [3.05, 3.63) is 29.3 Å². The molecule has 1 nitrogen and oxygen atoms in total. The van der Waals surface area contributed by atoms with Gasteiger partial charge in [-0.25, -0.2) is 0 Å². The van der Waals surface area contributed by atoms with E-state index in [0.717, 1.165) is 17.8 Å². The van der Waals surface area contributed by atoms with Crippen molar-refractivity contribution in [2.24, 2.45) is 23.2 Å². The van der Waals surface area contributed by atoms with E-state index in [4.69, 9.17) is 0 Å². The molecular formula is C20H28O. The van der Waals surface area contributed by atoms with E-state index in [1.165, 1.54) is 49.7 Å². The fraction of sp³-hybridized carbons (Fsp3) is 0.700. The van der Waals surface area contributed by atoms with Gasteiger partial charge in [0.25, 0.3) is 0 Å². The Bertz CT molecular complexity index is 569. The van der Waals surface area contributed by atoms with Crippen LogP contribution in [0, 0.1) is 23.2 Å². The Hall–Kier alpha value is -0.980. The zero-order chi connectivity index (χ0) is 14.8. The molecule has 0 aliphatic heterocycles. The summed E-state index contributed by atoms with van der Waals surface area (Å²) in [6, 6.07) is 6.18. The molecule has 114 valence electrons. The van der Waals surface area contributed by atoms with Crippen LogP contribution in [0.1, 0.15) is 64.0 Å². The molecule has 0 heterocycles. The third-order valence-electron chi connectivity index (χ3n) is 6.79. The summed E-state index contributed by atoms with van der Waals surface area (Å²) >= 11 is 0. The largest absolute Gasteiger partial charge is 0.508 e. The van der Waals surface area contributed by atoms with Gasteiger partial charge in [0, 0.05) is 5.41 Å². The molecule has 2 fully saturated rings. The van der Waals surface area contributed by atoms with Crippen molar-refractivity contribution >= 4 is 0 Å². The van der Waals surface area contributed by atoms with Crippen molar-refractivity contribution in [3.63, 3.8) is 0 Å². The lowest BCUT2D eigenvalue weighted by molar-refractivity contribution is 0.127. The molecular weight excluding hydrogens is 256 g/mol. The van der Waals surface area contributed by atoms with Gasteiger partial charge in [-0.2, -0.15) is 0 Å². The molecule has 0 bridgehead atoms.